The van der Waals surface area contributed by atoms with Crippen LogP contribution >= 0.6 is 0 Å². The standard InChI is InChI=1S/C15H26O2/c1-3-4-5-6-7-8-9-10-14-12-11-13(2)15(16)17-14/h11,14H,3-10,12H2,1-2H3. The molecule has 1 atom stereocenters. The van der Waals surface area contributed by atoms with Crippen LogP contribution in [0.2, 0.25) is 0 Å². The van der Waals surface area contributed by atoms with Crippen molar-refractivity contribution < 1.29 is 9.53 Å². The first-order chi connectivity index (χ1) is 8.24. The van der Waals surface area contributed by atoms with Crippen molar-refractivity contribution in [3.05, 3.63) is 11.6 Å². The van der Waals surface area contributed by atoms with Crippen molar-refractivity contribution in [3.63, 3.8) is 0 Å². The van der Waals surface area contributed by atoms with Crippen LogP contribution in [-0.4, -0.2) is 12.1 Å². The third kappa shape index (κ3) is 5.90. The van der Waals surface area contributed by atoms with Crippen LogP contribution in [-0.2, 0) is 9.53 Å². The fourth-order valence-electron chi connectivity index (χ4n) is 2.19. The average molecular weight is 238 g/mol. The zero-order valence-electron chi connectivity index (χ0n) is 11.3. The van der Waals surface area contributed by atoms with E-state index in [1.54, 1.807) is 0 Å². The Bertz CT molecular complexity index is 256. The predicted molar refractivity (Wildman–Crippen MR) is 70.9 cm³/mol. The van der Waals surface area contributed by atoms with Gasteiger partial charge in [0, 0.05) is 12.0 Å². The second kappa shape index (κ2) is 8.32. The van der Waals surface area contributed by atoms with E-state index >= 15 is 0 Å². The van der Waals surface area contributed by atoms with E-state index in [4.69, 9.17) is 4.74 Å². The summed E-state index contributed by atoms with van der Waals surface area (Å²) in [5.41, 5.74) is 0.765. The molecule has 0 aliphatic carbocycles. The Morgan fingerprint density at radius 1 is 1.18 bits per heavy atom. The van der Waals surface area contributed by atoms with E-state index in [1.807, 2.05) is 13.0 Å². The Kier molecular flexibility index (Phi) is 6.99. The molecular formula is C15H26O2. The molecule has 1 rings (SSSR count). The highest BCUT2D eigenvalue weighted by molar-refractivity contribution is 5.88. The summed E-state index contributed by atoms with van der Waals surface area (Å²) in [5.74, 6) is -0.121. The Morgan fingerprint density at radius 2 is 1.82 bits per heavy atom. The number of hydrogen-bond donors (Lipinski definition) is 0. The largest absolute Gasteiger partial charge is 0.459 e. The molecule has 1 heterocycles. The van der Waals surface area contributed by atoms with Gasteiger partial charge in [0.15, 0.2) is 0 Å². The van der Waals surface area contributed by atoms with Crippen LogP contribution in [0.1, 0.15) is 71.6 Å². The van der Waals surface area contributed by atoms with Crippen LogP contribution in [0.25, 0.3) is 0 Å². The van der Waals surface area contributed by atoms with Crippen molar-refractivity contribution in [2.45, 2.75) is 77.7 Å². The van der Waals surface area contributed by atoms with E-state index in [-0.39, 0.29) is 12.1 Å². The SMILES string of the molecule is CCCCCCCCCC1CC=C(C)C(=O)O1. The molecule has 2 nitrogen and oxygen atoms in total. The van der Waals surface area contributed by atoms with Gasteiger partial charge in [0.1, 0.15) is 6.10 Å². The molecule has 0 N–H and O–H groups in total. The van der Waals surface area contributed by atoms with E-state index in [1.165, 1.54) is 44.9 Å². The first-order valence-corrected chi connectivity index (χ1v) is 7.11. The van der Waals surface area contributed by atoms with Crippen LogP contribution in [0.15, 0.2) is 11.6 Å². The van der Waals surface area contributed by atoms with E-state index < -0.39 is 0 Å². The van der Waals surface area contributed by atoms with Crippen molar-refractivity contribution in [3.8, 4) is 0 Å². The summed E-state index contributed by atoms with van der Waals surface area (Å²) in [4.78, 5) is 11.3. The maximum Gasteiger partial charge on any atom is 0.333 e. The van der Waals surface area contributed by atoms with Crippen LogP contribution in [0.4, 0.5) is 0 Å². The number of unbranched alkanes of at least 4 members (excludes halogenated alkanes) is 6. The Hall–Kier alpha value is -0.790. The lowest BCUT2D eigenvalue weighted by atomic mass is 10.0. The third-order valence-electron chi connectivity index (χ3n) is 3.41. The van der Waals surface area contributed by atoms with Gasteiger partial charge in [0.05, 0.1) is 0 Å². The van der Waals surface area contributed by atoms with Gasteiger partial charge in [-0.25, -0.2) is 4.79 Å². The van der Waals surface area contributed by atoms with Gasteiger partial charge in [-0.3, -0.25) is 0 Å². The molecule has 17 heavy (non-hydrogen) atoms. The molecule has 0 bridgehead atoms. The molecule has 0 saturated carbocycles. The second-order valence-corrected chi connectivity index (χ2v) is 5.06. The molecule has 0 saturated heterocycles. The van der Waals surface area contributed by atoms with E-state index in [9.17, 15) is 4.79 Å². The average Bonchev–Trinajstić information content (AvgIpc) is 2.32. The van der Waals surface area contributed by atoms with E-state index in [2.05, 4.69) is 6.92 Å². The zero-order chi connectivity index (χ0) is 12.5. The molecule has 0 radical (unpaired) electrons. The summed E-state index contributed by atoms with van der Waals surface area (Å²) in [7, 11) is 0. The molecule has 98 valence electrons. The van der Waals surface area contributed by atoms with Gasteiger partial charge in [0.25, 0.3) is 0 Å². The first-order valence-electron chi connectivity index (χ1n) is 7.11. The normalized spacial score (nSPS) is 20.0. The van der Waals surface area contributed by atoms with Crippen LogP contribution in [0, 0.1) is 0 Å². The highest BCUT2D eigenvalue weighted by atomic mass is 16.5. The lowest BCUT2D eigenvalue weighted by Gasteiger charge is -2.20. The fourth-order valence-corrected chi connectivity index (χ4v) is 2.19. The summed E-state index contributed by atoms with van der Waals surface area (Å²) in [6, 6.07) is 0. The number of carbonyl (C=O) groups is 1. The zero-order valence-corrected chi connectivity index (χ0v) is 11.3. The van der Waals surface area contributed by atoms with Crippen LogP contribution in [0.3, 0.4) is 0 Å². The summed E-state index contributed by atoms with van der Waals surface area (Å²) in [5, 5.41) is 0. The highest BCUT2D eigenvalue weighted by Crippen LogP contribution is 2.19. The van der Waals surface area contributed by atoms with Crippen molar-refractivity contribution in [2.24, 2.45) is 0 Å². The lowest BCUT2D eigenvalue weighted by molar-refractivity contribution is -0.145. The number of carbonyl (C=O) groups excluding carboxylic acids is 1. The summed E-state index contributed by atoms with van der Waals surface area (Å²) in [6.45, 7) is 4.07. The molecule has 0 amide bonds. The van der Waals surface area contributed by atoms with Gasteiger partial charge in [-0.1, -0.05) is 51.5 Å². The van der Waals surface area contributed by atoms with Gasteiger partial charge < -0.3 is 4.74 Å². The van der Waals surface area contributed by atoms with Crippen molar-refractivity contribution in [2.75, 3.05) is 0 Å². The summed E-state index contributed by atoms with van der Waals surface area (Å²) in [6.07, 6.45) is 13.3. The molecule has 0 aromatic rings. The minimum absolute atomic E-state index is 0.121. The molecule has 1 aliphatic heterocycles. The van der Waals surface area contributed by atoms with Crippen LogP contribution in [0.5, 0.6) is 0 Å². The highest BCUT2D eigenvalue weighted by Gasteiger charge is 2.19. The maximum absolute atomic E-state index is 11.3. The molecule has 2 heteroatoms. The van der Waals surface area contributed by atoms with Crippen molar-refractivity contribution in [1.82, 2.24) is 0 Å². The number of hydrogen-bond acceptors (Lipinski definition) is 2. The molecule has 0 fully saturated rings. The monoisotopic (exact) mass is 238 g/mol. The Balaban J connectivity index is 1.99. The number of cyclic esters (lactones) is 1. The maximum atomic E-state index is 11.3. The topological polar surface area (TPSA) is 26.3 Å². The molecule has 1 unspecified atom stereocenters. The molecule has 0 aromatic heterocycles. The van der Waals surface area contributed by atoms with E-state index in [0.29, 0.717) is 0 Å². The van der Waals surface area contributed by atoms with Crippen molar-refractivity contribution in [1.29, 1.82) is 0 Å². The fraction of sp³-hybridized carbons (Fsp3) is 0.800. The van der Waals surface area contributed by atoms with Gasteiger partial charge in [-0.05, 0) is 19.8 Å². The molecule has 0 aromatic carbocycles. The molecule has 0 spiro atoms. The van der Waals surface area contributed by atoms with Gasteiger partial charge in [-0.15, -0.1) is 0 Å². The van der Waals surface area contributed by atoms with Crippen molar-refractivity contribution >= 4 is 5.97 Å². The molecule has 1 aliphatic rings. The van der Waals surface area contributed by atoms with Gasteiger partial charge in [-0.2, -0.15) is 0 Å². The summed E-state index contributed by atoms with van der Waals surface area (Å²) < 4.78 is 5.34. The first kappa shape index (κ1) is 14.3. The Labute approximate surface area is 105 Å². The smallest absolute Gasteiger partial charge is 0.333 e. The number of ether oxygens (including phenoxy) is 1. The lowest BCUT2D eigenvalue weighted by Crippen LogP contribution is -2.22. The number of rotatable bonds is 8. The third-order valence-corrected chi connectivity index (χ3v) is 3.41. The minimum atomic E-state index is -0.121. The molecular weight excluding hydrogens is 212 g/mol. The summed E-state index contributed by atoms with van der Waals surface area (Å²) >= 11 is 0. The predicted octanol–water partition coefficient (Wildman–Crippen LogP) is 4.39. The Morgan fingerprint density at radius 3 is 2.47 bits per heavy atom. The quantitative estimate of drug-likeness (QED) is 0.463. The second-order valence-electron chi connectivity index (χ2n) is 5.06. The minimum Gasteiger partial charge on any atom is -0.459 e. The number of esters is 1. The van der Waals surface area contributed by atoms with E-state index in [0.717, 1.165) is 18.4 Å². The van der Waals surface area contributed by atoms with Gasteiger partial charge >= 0.3 is 5.97 Å². The van der Waals surface area contributed by atoms with Gasteiger partial charge in [0.2, 0.25) is 0 Å². The van der Waals surface area contributed by atoms with Crippen LogP contribution < -0.4 is 0 Å².